The Labute approximate surface area is 103 Å². The van der Waals surface area contributed by atoms with E-state index >= 15 is 0 Å². The molecule has 2 heterocycles. The van der Waals surface area contributed by atoms with Crippen LogP contribution < -0.4 is 5.32 Å². The van der Waals surface area contributed by atoms with Crippen molar-refractivity contribution >= 4 is 0 Å². The largest absolute Gasteiger partial charge is 0.381 e. The lowest BCUT2D eigenvalue weighted by Gasteiger charge is -2.30. The van der Waals surface area contributed by atoms with Crippen molar-refractivity contribution < 1.29 is 4.74 Å². The zero-order valence-corrected chi connectivity index (χ0v) is 10.7. The first-order chi connectivity index (χ1) is 8.29. The van der Waals surface area contributed by atoms with Crippen molar-refractivity contribution in [1.29, 1.82) is 0 Å². The molecule has 1 aliphatic rings. The summed E-state index contributed by atoms with van der Waals surface area (Å²) in [5.74, 6) is 0.700. The van der Waals surface area contributed by atoms with E-state index in [2.05, 4.69) is 22.6 Å². The number of nitrogens with zero attached hydrogens (tertiary/aromatic N) is 3. The molecule has 0 saturated carbocycles. The third-order valence-corrected chi connectivity index (χ3v) is 3.38. The van der Waals surface area contributed by atoms with Gasteiger partial charge in [-0.15, -0.1) is 5.10 Å². The van der Waals surface area contributed by atoms with Gasteiger partial charge in [0.25, 0.3) is 0 Å². The molecule has 0 aliphatic carbocycles. The van der Waals surface area contributed by atoms with Gasteiger partial charge >= 0.3 is 0 Å². The molecule has 5 heteroatoms. The van der Waals surface area contributed by atoms with Crippen LogP contribution in [0.5, 0.6) is 0 Å². The molecule has 17 heavy (non-hydrogen) atoms. The topological polar surface area (TPSA) is 52.0 Å². The molecule has 1 unspecified atom stereocenters. The summed E-state index contributed by atoms with van der Waals surface area (Å²) in [5, 5.41) is 11.7. The number of nitrogens with one attached hydrogen (secondary N) is 1. The summed E-state index contributed by atoms with van der Waals surface area (Å²) in [7, 11) is 1.91. The van der Waals surface area contributed by atoms with Gasteiger partial charge in [-0.05, 0) is 25.3 Å². The Morgan fingerprint density at radius 2 is 2.29 bits per heavy atom. The van der Waals surface area contributed by atoms with Crippen LogP contribution in [-0.4, -0.2) is 40.8 Å². The van der Waals surface area contributed by atoms with E-state index in [-0.39, 0.29) is 0 Å². The molecule has 1 aliphatic heterocycles. The molecule has 0 spiro atoms. The maximum absolute atomic E-state index is 5.42. The fourth-order valence-electron chi connectivity index (χ4n) is 2.50. The zero-order valence-electron chi connectivity index (χ0n) is 10.7. The van der Waals surface area contributed by atoms with Gasteiger partial charge in [-0.1, -0.05) is 12.1 Å². The molecule has 1 atom stereocenters. The summed E-state index contributed by atoms with van der Waals surface area (Å²) < 4.78 is 7.19. The second kappa shape index (κ2) is 6.12. The molecule has 96 valence electrons. The van der Waals surface area contributed by atoms with Gasteiger partial charge in [0.2, 0.25) is 0 Å². The summed E-state index contributed by atoms with van der Waals surface area (Å²) in [5.41, 5.74) is 1.07. The predicted molar refractivity (Wildman–Crippen MR) is 65.7 cm³/mol. The van der Waals surface area contributed by atoms with Gasteiger partial charge in [0.05, 0.1) is 5.69 Å². The minimum Gasteiger partial charge on any atom is -0.381 e. The quantitative estimate of drug-likeness (QED) is 0.823. The van der Waals surface area contributed by atoms with E-state index in [0.717, 1.165) is 44.7 Å². The van der Waals surface area contributed by atoms with Crippen molar-refractivity contribution in [3.8, 4) is 0 Å². The summed E-state index contributed by atoms with van der Waals surface area (Å²) in [4.78, 5) is 0. The monoisotopic (exact) mass is 238 g/mol. The number of likely N-dealkylation sites (N-methyl/N-ethyl adjacent to an activating group) is 1. The summed E-state index contributed by atoms with van der Waals surface area (Å²) in [6, 6.07) is 0.501. The molecule has 1 aromatic rings. The number of hydrogen-bond acceptors (Lipinski definition) is 4. The first kappa shape index (κ1) is 12.5. The van der Waals surface area contributed by atoms with Crippen LogP contribution in [0.3, 0.4) is 0 Å². The highest BCUT2D eigenvalue weighted by molar-refractivity contribution is 4.97. The maximum Gasteiger partial charge on any atom is 0.0842 e. The van der Waals surface area contributed by atoms with E-state index < -0.39 is 0 Å². The van der Waals surface area contributed by atoms with E-state index in [1.807, 2.05) is 13.2 Å². The SMILES string of the molecule is CCNC(Cc1cn(C)nn1)C1CCOCC1. The maximum atomic E-state index is 5.42. The van der Waals surface area contributed by atoms with Crippen molar-refractivity contribution in [2.75, 3.05) is 19.8 Å². The molecule has 5 nitrogen and oxygen atoms in total. The van der Waals surface area contributed by atoms with E-state index in [4.69, 9.17) is 4.74 Å². The molecule has 0 radical (unpaired) electrons. The lowest BCUT2D eigenvalue weighted by Crippen LogP contribution is -2.40. The van der Waals surface area contributed by atoms with Crippen molar-refractivity contribution in [2.45, 2.75) is 32.2 Å². The molecule has 0 amide bonds. The normalized spacial score (nSPS) is 19.4. The minimum absolute atomic E-state index is 0.501. The number of aryl methyl sites for hydroxylation is 1. The van der Waals surface area contributed by atoms with Gasteiger partial charge in [-0.2, -0.15) is 0 Å². The van der Waals surface area contributed by atoms with Gasteiger partial charge in [-0.25, -0.2) is 0 Å². The fourth-order valence-corrected chi connectivity index (χ4v) is 2.50. The molecule has 0 bridgehead atoms. The fraction of sp³-hybridized carbons (Fsp3) is 0.833. The third kappa shape index (κ3) is 3.51. The predicted octanol–water partition coefficient (Wildman–Crippen LogP) is 0.762. The molecule has 1 fully saturated rings. The van der Waals surface area contributed by atoms with Crippen molar-refractivity contribution in [3.05, 3.63) is 11.9 Å². The van der Waals surface area contributed by atoms with Crippen molar-refractivity contribution in [3.63, 3.8) is 0 Å². The van der Waals surface area contributed by atoms with Crippen LogP contribution in [-0.2, 0) is 18.2 Å². The highest BCUT2D eigenvalue weighted by Crippen LogP contribution is 2.21. The molecule has 0 aromatic carbocycles. The Kier molecular flexibility index (Phi) is 4.50. The molecule has 1 aromatic heterocycles. The van der Waals surface area contributed by atoms with Gasteiger partial charge in [0.15, 0.2) is 0 Å². The van der Waals surface area contributed by atoms with Crippen LogP contribution in [0.25, 0.3) is 0 Å². The Morgan fingerprint density at radius 1 is 1.53 bits per heavy atom. The lowest BCUT2D eigenvalue weighted by molar-refractivity contribution is 0.0538. The van der Waals surface area contributed by atoms with Gasteiger partial charge < -0.3 is 10.1 Å². The Morgan fingerprint density at radius 3 is 2.88 bits per heavy atom. The summed E-state index contributed by atoms with van der Waals surface area (Å²) in [6.45, 7) is 4.95. The Balaban J connectivity index is 1.95. The number of hydrogen-bond donors (Lipinski definition) is 1. The first-order valence-corrected chi connectivity index (χ1v) is 6.46. The molecule has 2 rings (SSSR count). The highest BCUT2D eigenvalue weighted by Gasteiger charge is 2.24. The number of rotatable bonds is 5. The standard InChI is InChI=1S/C12H22N4O/c1-3-13-12(10-4-6-17-7-5-10)8-11-9-16(2)15-14-11/h9-10,12-13H,3-8H2,1-2H3. The smallest absolute Gasteiger partial charge is 0.0842 e. The summed E-state index contributed by atoms with van der Waals surface area (Å²) in [6.07, 6.45) is 5.27. The van der Waals surface area contributed by atoms with Crippen LogP contribution in [0.4, 0.5) is 0 Å². The molecular weight excluding hydrogens is 216 g/mol. The van der Waals surface area contributed by atoms with Gasteiger partial charge in [0, 0.05) is 38.9 Å². The van der Waals surface area contributed by atoms with E-state index in [9.17, 15) is 0 Å². The molecule has 1 N–H and O–H groups in total. The van der Waals surface area contributed by atoms with Crippen LogP contribution in [0.2, 0.25) is 0 Å². The average molecular weight is 238 g/mol. The third-order valence-electron chi connectivity index (χ3n) is 3.38. The minimum atomic E-state index is 0.501. The zero-order chi connectivity index (χ0) is 12.1. The molecule has 1 saturated heterocycles. The van der Waals surface area contributed by atoms with Crippen LogP contribution in [0.15, 0.2) is 6.20 Å². The van der Waals surface area contributed by atoms with E-state index in [1.54, 1.807) is 4.68 Å². The molecular formula is C12H22N4O. The lowest BCUT2D eigenvalue weighted by atomic mass is 9.89. The van der Waals surface area contributed by atoms with E-state index in [0.29, 0.717) is 12.0 Å². The van der Waals surface area contributed by atoms with Crippen LogP contribution in [0.1, 0.15) is 25.5 Å². The van der Waals surface area contributed by atoms with Crippen molar-refractivity contribution in [2.24, 2.45) is 13.0 Å². The Hall–Kier alpha value is -0.940. The second-order valence-electron chi connectivity index (χ2n) is 4.70. The van der Waals surface area contributed by atoms with Crippen molar-refractivity contribution in [1.82, 2.24) is 20.3 Å². The average Bonchev–Trinajstić information content (AvgIpc) is 2.75. The van der Waals surface area contributed by atoms with Crippen LogP contribution >= 0.6 is 0 Å². The first-order valence-electron chi connectivity index (χ1n) is 6.46. The van der Waals surface area contributed by atoms with Gasteiger partial charge in [0.1, 0.15) is 0 Å². The number of ether oxygens (including phenoxy) is 1. The number of aromatic nitrogens is 3. The Bertz CT molecular complexity index is 333. The van der Waals surface area contributed by atoms with Crippen LogP contribution in [0, 0.1) is 5.92 Å². The highest BCUT2D eigenvalue weighted by atomic mass is 16.5. The second-order valence-corrected chi connectivity index (χ2v) is 4.70. The van der Waals surface area contributed by atoms with Gasteiger partial charge in [-0.3, -0.25) is 4.68 Å². The van der Waals surface area contributed by atoms with E-state index in [1.165, 1.54) is 0 Å². The summed E-state index contributed by atoms with van der Waals surface area (Å²) >= 11 is 0.